The van der Waals surface area contributed by atoms with Crippen molar-refractivity contribution >= 4 is 45.7 Å². The van der Waals surface area contributed by atoms with E-state index in [1.807, 2.05) is 39.0 Å². The van der Waals surface area contributed by atoms with E-state index in [1.54, 1.807) is 6.92 Å². The molecule has 26 heavy (non-hydrogen) atoms. The van der Waals surface area contributed by atoms with Gasteiger partial charge in [0.25, 0.3) is 0 Å². The average Bonchev–Trinajstić information content (AvgIpc) is 3.03. The smallest absolute Gasteiger partial charge is 0.243 e. The molecule has 1 atom stereocenters. The van der Waals surface area contributed by atoms with Crippen LogP contribution in [-0.2, 0) is 9.59 Å². The Morgan fingerprint density at radius 3 is 2.58 bits per heavy atom. The van der Waals surface area contributed by atoms with Gasteiger partial charge in [-0.25, -0.2) is 0 Å². The van der Waals surface area contributed by atoms with Gasteiger partial charge in [0, 0.05) is 12.2 Å². The normalized spacial score (nSPS) is 11.7. The molecule has 2 rings (SSSR count). The summed E-state index contributed by atoms with van der Waals surface area (Å²) in [6, 6.07) is 5.81. The van der Waals surface area contributed by atoms with Crippen molar-refractivity contribution in [1.82, 2.24) is 15.5 Å². The van der Waals surface area contributed by atoms with Crippen molar-refractivity contribution in [1.29, 1.82) is 0 Å². The largest absolute Gasteiger partial charge is 0.360 e. The second kappa shape index (κ2) is 9.54. The van der Waals surface area contributed by atoms with Crippen LogP contribution in [0.4, 0.5) is 10.8 Å². The Bertz CT molecular complexity index is 758. The molecule has 2 aromatic rings. The molecule has 1 aromatic carbocycles. The van der Waals surface area contributed by atoms with Gasteiger partial charge in [-0.05, 0) is 38.8 Å². The van der Waals surface area contributed by atoms with Crippen molar-refractivity contribution in [2.24, 2.45) is 0 Å². The minimum atomic E-state index is -0.370. The molecule has 0 spiro atoms. The van der Waals surface area contributed by atoms with Crippen LogP contribution < -0.4 is 16.0 Å². The van der Waals surface area contributed by atoms with Crippen molar-refractivity contribution in [2.75, 3.05) is 23.7 Å². The summed E-state index contributed by atoms with van der Waals surface area (Å²) in [4.78, 5) is 24.3. The summed E-state index contributed by atoms with van der Waals surface area (Å²) in [7, 11) is 0. The molecule has 140 valence electrons. The Morgan fingerprint density at radius 1 is 1.23 bits per heavy atom. The van der Waals surface area contributed by atoms with E-state index in [0.29, 0.717) is 4.34 Å². The molecule has 0 bridgehead atoms. The van der Waals surface area contributed by atoms with E-state index in [4.69, 9.17) is 0 Å². The van der Waals surface area contributed by atoms with Gasteiger partial charge in [0.05, 0.1) is 11.8 Å². The van der Waals surface area contributed by atoms with E-state index in [9.17, 15) is 9.59 Å². The Hall–Kier alpha value is -2.13. The second-order valence-electron chi connectivity index (χ2n) is 5.70. The topological polar surface area (TPSA) is 96.0 Å². The molecule has 0 unspecified atom stereocenters. The first kappa shape index (κ1) is 20.2. The summed E-state index contributed by atoms with van der Waals surface area (Å²) in [5, 5.41) is 17.0. The van der Waals surface area contributed by atoms with Gasteiger partial charge in [0.1, 0.15) is 0 Å². The molecular formula is C17H23N5O2S2. The number of para-hydroxylation sites is 1. The highest BCUT2D eigenvalue weighted by molar-refractivity contribution is 8.02. The zero-order chi connectivity index (χ0) is 19.1. The van der Waals surface area contributed by atoms with Crippen LogP contribution in [0.25, 0.3) is 0 Å². The highest BCUT2D eigenvalue weighted by atomic mass is 32.2. The molecule has 0 aliphatic heterocycles. The lowest BCUT2D eigenvalue weighted by Gasteiger charge is -2.13. The fraction of sp³-hybridized carbons (Fsp3) is 0.412. The average molecular weight is 394 g/mol. The highest BCUT2D eigenvalue weighted by Crippen LogP contribution is 2.28. The molecule has 0 aliphatic carbocycles. The molecular weight excluding hydrogens is 370 g/mol. The number of nitrogens with one attached hydrogen (secondary N) is 3. The van der Waals surface area contributed by atoms with Gasteiger partial charge < -0.3 is 16.0 Å². The third-order valence-corrected chi connectivity index (χ3v) is 5.62. The van der Waals surface area contributed by atoms with Gasteiger partial charge in [-0.15, -0.1) is 10.2 Å². The number of rotatable bonds is 8. The zero-order valence-corrected chi connectivity index (χ0v) is 16.9. The number of hydrogen-bond donors (Lipinski definition) is 3. The summed E-state index contributed by atoms with van der Waals surface area (Å²) in [6.07, 6.45) is 0. The number of aryl methyl sites for hydroxylation is 2. The van der Waals surface area contributed by atoms with Crippen LogP contribution in [0, 0.1) is 13.8 Å². The zero-order valence-electron chi connectivity index (χ0n) is 15.3. The first-order valence-electron chi connectivity index (χ1n) is 8.28. The summed E-state index contributed by atoms with van der Waals surface area (Å²) in [5.74, 6) is -0.467. The van der Waals surface area contributed by atoms with Gasteiger partial charge in [-0.3, -0.25) is 9.59 Å². The lowest BCUT2D eigenvalue weighted by molar-refractivity contribution is -0.123. The Kier molecular flexibility index (Phi) is 7.40. The monoisotopic (exact) mass is 393 g/mol. The number of thioether (sulfide) groups is 1. The lowest BCUT2D eigenvalue weighted by atomic mass is 10.1. The van der Waals surface area contributed by atoms with E-state index in [2.05, 4.69) is 26.1 Å². The number of nitrogens with zero attached hydrogens (tertiary/aromatic N) is 2. The van der Waals surface area contributed by atoms with E-state index < -0.39 is 0 Å². The third kappa shape index (κ3) is 5.70. The Labute approximate surface area is 161 Å². The lowest BCUT2D eigenvalue weighted by Crippen LogP contribution is -2.37. The molecule has 1 heterocycles. The minimum absolute atomic E-state index is 0.0731. The predicted molar refractivity (Wildman–Crippen MR) is 107 cm³/mol. The van der Waals surface area contributed by atoms with Crippen molar-refractivity contribution in [3.05, 3.63) is 29.3 Å². The SMILES string of the molecule is CCNc1nnc(S[C@H](C)C(=O)NCC(=O)Nc2c(C)cccc2C)s1. The van der Waals surface area contributed by atoms with Crippen LogP contribution in [-0.4, -0.2) is 40.4 Å². The number of hydrogen-bond acceptors (Lipinski definition) is 7. The molecule has 0 saturated heterocycles. The molecule has 0 radical (unpaired) electrons. The Balaban J connectivity index is 1.82. The van der Waals surface area contributed by atoms with Crippen LogP contribution in [0.15, 0.2) is 22.5 Å². The molecule has 0 fully saturated rings. The molecule has 1 aromatic heterocycles. The fourth-order valence-corrected chi connectivity index (χ4v) is 4.18. The van der Waals surface area contributed by atoms with Crippen LogP contribution in [0.5, 0.6) is 0 Å². The summed E-state index contributed by atoms with van der Waals surface area (Å²) < 4.78 is 0.712. The highest BCUT2D eigenvalue weighted by Gasteiger charge is 2.18. The first-order chi connectivity index (χ1) is 12.4. The Morgan fingerprint density at radius 2 is 1.92 bits per heavy atom. The number of benzene rings is 1. The predicted octanol–water partition coefficient (Wildman–Crippen LogP) is 2.82. The van der Waals surface area contributed by atoms with Crippen molar-refractivity contribution in [3.8, 4) is 0 Å². The number of carbonyl (C=O) groups excluding carboxylic acids is 2. The van der Waals surface area contributed by atoms with E-state index in [0.717, 1.165) is 28.5 Å². The quantitative estimate of drug-likeness (QED) is 0.597. The molecule has 0 saturated carbocycles. The van der Waals surface area contributed by atoms with Crippen LogP contribution in [0.2, 0.25) is 0 Å². The van der Waals surface area contributed by atoms with Crippen LogP contribution >= 0.6 is 23.1 Å². The van der Waals surface area contributed by atoms with E-state index >= 15 is 0 Å². The van der Waals surface area contributed by atoms with Crippen molar-refractivity contribution in [3.63, 3.8) is 0 Å². The molecule has 9 heteroatoms. The number of carbonyl (C=O) groups is 2. The van der Waals surface area contributed by atoms with Crippen LogP contribution in [0.1, 0.15) is 25.0 Å². The van der Waals surface area contributed by atoms with Gasteiger partial charge in [-0.1, -0.05) is 41.3 Å². The van der Waals surface area contributed by atoms with Gasteiger partial charge in [0.2, 0.25) is 16.9 Å². The summed E-state index contributed by atoms with van der Waals surface area (Å²) in [5.41, 5.74) is 2.77. The third-order valence-electron chi connectivity index (χ3n) is 3.55. The van der Waals surface area contributed by atoms with Gasteiger partial charge >= 0.3 is 0 Å². The van der Waals surface area contributed by atoms with Crippen molar-refractivity contribution < 1.29 is 9.59 Å². The summed E-state index contributed by atoms with van der Waals surface area (Å²) in [6.45, 7) is 8.32. The minimum Gasteiger partial charge on any atom is -0.360 e. The molecule has 2 amide bonds. The fourth-order valence-electron chi connectivity index (χ4n) is 2.19. The van der Waals surface area contributed by atoms with Gasteiger partial charge in [0.15, 0.2) is 4.34 Å². The molecule has 7 nitrogen and oxygen atoms in total. The number of anilines is 2. The van der Waals surface area contributed by atoms with Crippen molar-refractivity contribution in [2.45, 2.75) is 37.3 Å². The van der Waals surface area contributed by atoms with E-state index in [1.165, 1.54) is 23.1 Å². The maximum Gasteiger partial charge on any atom is 0.243 e. The number of aromatic nitrogens is 2. The maximum atomic E-state index is 12.2. The second-order valence-corrected chi connectivity index (χ2v) is 8.26. The number of amides is 2. The van der Waals surface area contributed by atoms with Crippen LogP contribution in [0.3, 0.4) is 0 Å². The standard InChI is InChI=1S/C17H23N5O2S2/c1-5-18-16-21-22-17(26-16)25-12(4)15(24)19-9-13(23)20-14-10(2)7-6-8-11(14)3/h6-8,12H,5,9H2,1-4H3,(H,18,21)(H,19,24)(H,20,23)/t12-/m1/s1. The molecule has 0 aliphatic rings. The first-order valence-corrected chi connectivity index (χ1v) is 9.98. The van der Waals surface area contributed by atoms with Gasteiger partial charge in [-0.2, -0.15) is 0 Å². The molecule has 3 N–H and O–H groups in total. The maximum absolute atomic E-state index is 12.2. The summed E-state index contributed by atoms with van der Waals surface area (Å²) >= 11 is 2.72. The van der Waals surface area contributed by atoms with E-state index in [-0.39, 0.29) is 23.6 Å².